The average Bonchev–Trinajstić information content (AvgIpc) is 2.77. The summed E-state index contributed by atoms with van der Waals surface area (Å²) in [6, 6.07) is 9.17. The predicted octanol–water partition coefficient (Wildman–Crippen LogP) is 4.73. The van der Waals surface area contributed by atoms with Crippen LogP contribution in [-0.2, 0) is 4.74 Å². The van der Waals surface area contributed by atoms with Crippen LogP contribution >= 0.6 is 15.9 Å². The van der Waals surface area contributed by atoms with Crippen LogP contribution in [0.3, 0.4) is 0 Å². The fraction of sp³-hybridized carbons (Fsp3) is 0.435. The Kier molecular flexibility index (Phi) is 8.43. The molecule has 1 heterocycles. The number of benzene rings is 2. The minimum absolute atomic E-state index is 0.254. The molecule has 31 heavy (non-hydrogen) atoms. The first-order chi connectivity index (χ1) is 15.1. The maximum Gasteiger partial charge on any atom is 0.255 e. The number of nitrogens with one attached hydrogen (secondary N) is 1. The molecule has 168 valence electrons. The van der Waals surface area contributed by atoms with Gasteiger partial charge in [0.2, 0.25) is 5.75 Å². The Bertz CT molecular complexity index is 873. The van der Waals surface area contributed by atoms with Crippen LogP contribution in [0.15, 0.2) is 34.8 Å². The number of ether oxygens (including phenoxy) is 4. The van der Waals surface area contributed by atoms with Gasteiger partial charge in [-0.15, -0.1) is 0 Å². The summed E-state index contributed by atoms with van der Waals surface area (Å²) in [6.07, 6.45) is 0. The summed E-state index contributed by atoms with van der Waals surface area (Å²) in [6.45, 7) is 10.2. The lowest BCUT2D eigenvalue weighted by molar-refractivity contribution is 0.102. The minimum Gasteiger partial charge on any atom is -0.490 e. The Morgan fingerprint density at radius 1 is 1.00 bits per heavy atom. The van der Waals surface area contributed by atoms with Crippen molar-refractivity contribution in [3.05, 3.63) is 40.4 Å². The number of rotatable bonds is 9. The maximum atomic E-state index is 13.0. The van der Waals surface area contributed by atoms with Gasteiger partial charge >= 0.3 is 0 Å². The van der Waals surface area contributed by atoms with Crippen molar-refractivity contribution in [2.24, 2.45) is 0 Å². The third kappa shape index (κ3) is 5.83. The molecule has 0 saturated carbocycles. The average molecular weight is 493 g/mol. The summed E-state index contributed by atoms with van der Waals surface area (Å²) in [5, 5.41) is 2.96. The van der Waals surface area contributed by atoms with Crippen molar-refractivity contribution in [2.75, 3.05) is 56.3 Å². The van der Waals surface area contributed by atoms with Crippen LogP contribution in [0.1, 0.15) is 31.1 Å². The van der Waals surface area contributed by atoms with Gasteiger partial charge in [-0.05, 0) is 67.0 Å². The summed E-state index contributed by atoms with van der Waals surface area (Å²) in [7, 11) is 0. The number of hydrogen-bond donors (Lipinski definition) is 1. The Morgan fingerprint density at radius 3 is 2.16 bits per heavy atom. The Labute approximate surface area is 191 Å². The fourth-order valence-corrected chi connectivity index (χ4v) is 4.00. The highest BCUT2D eigenvalue weighted by atomic mass is 79.9. The third-order valence-corrected chi connectivity index (χ3v) is 5.36. The lowest BCUT2D eigenvalue weighted by atomic mass is 10.1. The Morgan fingerprint density at radius 2 is 1.61 bits per heavy atom. The molecule has 1 aliphatic rings. The predicted molar refractivity (Wildman–Crippen MR) is 125 cm³/mol. The van der Waals surface area contributed by atoms with Crippen molar-refractivity contribution in [1.82, 2.24) is 0 Å². The molecular formula is C23H29BrN2O5. The van der Waals surface area contributed by atoms with E-state index in [1.165, 1.54) is 0 Å². The molecule has 0 bridgehead atoms. The van der Waals surface area contributed by atoms with Crippen LogP contribution in [0.25, 0.3) is 0 Å². The van der Waals surface area contributed by atoms with Crippen LogP contribution in [0.5, 0.6) is 17.2 Å². The zero-order valence-electron chi connectivity index (χ0n) is 18.2. The topological polar surface area (TPSA) is 69.3 Å². The lowest BCUT2D eigenvalue weighted by Gasteiger charge is -2.29. The van der Waals surface area contributed by atoms with Crippen LogP contribution in [0.4, 0.5) is 11.4 Å². The van der Waals surface area contributed by atoms with Gasteiger partial charge in [0.05, 0.1) is 38.7 Å². The Hall–Kier alpha value is -2.45. The molecule has 1 amide bonds. The van der Waals surface area contributed by atoms with E-state index in [4.69, 9.17) is 18.9 Å². The smallest absolute Gasteiger partial charge is 0.255 e. The number of carbonyl (C=O) groups is 1. The zero-order valence-corrected chi connectivity index (χ0v) is 19.8. The largest absolute Gasteiger partial charge is 0.490 e. The van der Waals surface area contributed by atoms with E-state index in [1.807, 2.05) is 39.0 Å². The van der Waals surface area contributed by atoms with Crippen LogP contribution in [0, 0.1) is 0 Å². The van der Waals surface area contributed by atoms with Crippen LogP contribution in [0.2, 0.25) is 0 Å². The van der Waals surface area contributed by atoms with E-state index in [1.54, 1.807) is 12.1 Å². The molecule has 2 aromatic carbocycles. The van der Waals surface area contributed by atoms with Gasteiger partial charge in [-0.1, -0.05) is 0 Å². The molecule has 7 nitrogen and oxygen atoms in total. The molecule has 1 fully saturated rings. The zero-order chi connectivity index (χ0) is 22.2. The van der Waals surface area contributed by atoms with E-state index in [-0.39, 0.29) is 5.91 Å². The van der Waals surface area contributed by atoms with Crippen LogP contribution < -0.4 is 24.4 Å². The number of anilines is 2. The Balaban J connectivity index is 1.82. The minimum atomic E-state index is -0.254. The van der Waals surface area contributed by atoms with Gasteiger partial charge in [0.1, 0.15) is 0 Å². The molecule has 0 unspecified atom stereocenters. The molecule has 0 radical (unpaired) electrons. The fourth-order valence-electron chi connectivity index (χ4n) is 3.37. The van der Waals surface area contributed by atoms with Gasteiger partial charge in [-0.3, -0.25) is 4.79 Å². The van der Waals surface area contributed by atoms with Gasteiger partial charge < -0.3 is 29.2 Å². The number of morpholine rings is 1. The van der Waals surface area contributed by atoms with Crippen molar-refractivity contribution in [2.45, 2.75) is 20.8 Å². The number of amides is 1. The highest BCUT2D eigenvalue weighted by Gasteiger charge is 2.19. The number of carbonyl (C=O) groups excluding carboxylic acids is 1. The summed E-state index contributed by atoms with van der Waals surface area (Å²) in [4.78, 5) is 15.2. The molecule has 0 aromatic heterocycles. The molecule has 1 aliphatic heterocycles. The maximum absolute atomic E-state index is 13.0. The molecule has 1 N–H and O–H groups in total. The second-order valence-electron chi connectivity index (χ2n) is 6.82. The number of hydrogen-bond acceptors (Lipinski definition) is 6. The molecule has 3 rings (SSSR count). The van der Waals surface area contributed by atoms with Gasteiger partial charge in [0, 0.05) is 28.8 Å². The van der Waals surface area contributed by atoms with E-state index < -0.39 is 0 Å². The van der Waals surface area contributed by atoms with E-state index >= 15 is 0 Å². The molecule has 2 aromatic rings. The number of halogens is 1. The summed E-state index contributed by atoms with van der Waals surface area (Å²) in [5.41, 5.74) is 2.21. The van der Waals surface area contributed by atoms with Crippen molar-refractivity contribution >= 4 is 33.2 Å². The highest BCUT2D eigenvalue weighted by molar-refractivity contribution is 9.10. The van der Waals surface area contributed by atoms with Gasteiger partial charge in [0.25, 0.3) is 5.91 Å². The van der Waals surface area contributed by atoms with E-state index in [0.717, 1.165) is 23.2 Å². The summed E-state index contributed by atoms with van der Waals surface area (Å²) >= 11 is 3.63. The standard InChI is InChI=1S/C23H29BrN2O5/c1-4-29-20-13-16(14-21(30-5-2)22(20)31-6-3)23(27)25-17-7-8-19(18(24)15-17)26-9-11-28-12-10-26/h7-8,13-15H,4-6,9-12H2,1-3H3,(H,25,27). The summed E-state index contributed by atoms with van der Waals surface area (Å²) < 4.78 is 23.5. The van der Waals surface area contributed by atoms with Gasteiger partial charge in [-0.25, -0.2) is 0 Å². The molecule has 1 saturated heterocycles. The SMILES string of the molecule is CCOc1cc(C(=O)Nc2ccc(N3CCOCC3)c(Br)c2)cc(OCC)c1OCC. The first-order valence-corrected chi connectivity index (χ1v) is 11.4. The number of nitrogens with zero attached hydrogens (tertiary/aromatic N) is 1. The normalized spacial score (nSPS) is 13.6. The summed E-state index contributed by atoms with van der Waals surface area (Å²) in [5.74, 6) is 1.24. The van der Waals surface area contributed by atoms with Gasteiger partial charge in [0.15, 0.2) is 11.5 Å². The molecule has 0 atom stereocenters. The second-order valence-corrected chi connectivity index (χ2v) is 7.67. The molecule has 8 heteroatoms. The molecule has 0 aliphatic carbocycles. The molecule has 0 spiro atoms. The lowest BCUT2D eigenvalue weighted by Crippen LogP contribution is -2.36. The monoisotopic (exact) mass is 492 g/mol. The van der Waals surface area contributed by atoms with Crippen molar-refractivity contribution in [3.8, 4) is 17.2 Å². The second kappa shape index (κ2) is 11.2. The first-order valence-electron chi connectivity index (χ1n) is 10.6. The quantitative estimate of drug-likeness (QED) is 0.545. The highest BCUT2D eigenvalue weighted by Crippen LogP contribution is 2.39. The van der Waals surface area contributed by atoms with E-state index in [0.29, 0.717) is 61.5 Å². The van der Waals surface area contributed by atoms with Crippen molar-refractivity contribution in [3.63, 3.8) is 0 Å². The molecular weight excluding hydrogens is 464 g/mol. The van der Waals surface area contributed by atoms with E-state index in [9.17, 15) is 4.79 Å². The first kappa shape index (κ1) is 23.2. The van der Waals surface area contributed by atoms with Crippen molar-refractivity contribution in [1.29, 1.82) is 0 Å². The van der Waals surface area contributed by atoms with E-state index in [2.05, 4.69) is 26.1 Å². The van der Waals surface area contributed by atoms with Crippen LogP contribution in [-0.4, -0.2) is 52.0 Å². The third-order valence-electron chi connectivity index (χ3n) is 4.73. The van der Waals surface area contributed by atoms with Gasteiger partial charge in [-0.2, -0.15) is 0 Å². The van der Waals surface area contributed by atoms with Crippen molar-refractivity contribution < 1.29 is 23.7 Å².